The zero-order valence-corrected chi connectivity index (χ0v) is 18.0. The van der Waals surface area contributed by atoms with E-state index in [9.17, 15) is 18.3 Å². The summed E-state index contributed by atoms with van der Waals surface area (Å²) in [5.74, 6) is 1.43. The third-order valence-corrected chi connectivity index (χ3v) is 6.80. The summed E-state index contributed by atoms with van der Waals surface area (Å²) in [5.41, 5.74) is -0.255. The second kappa shape index (κ2) is 8.14. The molecule has 3 aromatic rings. The molecule has 2 aliphatic heterocycles. The molecule has 2 aliphatic rings. The predicted molar refractivity (Wildman–Crippen MR) is 113 cm³/mol. The topological polar surface area (TPSA) is 71.6 Å². The highest BCUT2D eigenvalue weighted by Crippen LogP contribution is 2.46. The first kappa shape index (κ1) is 21.9. The van der Waals surface area contributed by atoms with Gasteiger partial charge in [0.1, 0.15) is 5.75 Å². The quantitative estimate of drug-likeness (QED) is 0.592. The van der Waals surface area contributed by atoms with Gasteiger partial charge in [0.2, 0.25) is 11.7 Å². The van der Waals surface area contributed by atoms with Gasteiger partial charge in [-0.05, 0) is 55.5 Å². The van der Waals surface area contributed by atoms with Gasteiger partial charge < -0.3 is 14.4 Å². The molecule has 2 atom stereocenters. The first-order valence-corrected chi connectivity index (χ1v) is 10.9. The largest absolute Gasteiger partial charge is 0.497 e. The number of alkyl halides is 3. The smallest absolute Gasteiger partial charge is 0.416 e. The van der Waals surface area contributed by atoms with E-state index < -0.39 is 17.3 Å². The molecule has 2 saturated heterocycles. The first-order chi connectivity index (χ1) is 15.7. The number of nitrogens with zero attached hydrogens (tertiary/aromatic N) is 3. The van der Waals surface area contributed by atoms with Crippen LogP contribution < -0.4 is 4.74 Å². The molecule has 0 amide bonds. The van der Waals surface area contributed by atoms with Crippen LogP contribution in [-0.4, -0.2) is 39.3 Å². The SMILES string of the molecule is COc1ccc(C2(O)CC3CCC(C2)N3Cc2nc(-c3ccc(C(F)(F)F)cc3)no2)cc1. The summed E-state index contributed by atoms with van der Waals surface area (Å²) in [4.78, 5) is 6.69. The molecule has 1 aromatic heterocycles. The number of fused-ring (bicyclic) bond motifs is 2. The van der Waals surface area contributed by atoms with Gasteiger partial charge in [-0.15, -0.1) is 0 Å². The van der Waals surface area contributed by atoms with Gasteiger partial charge >= 0.3 is 6.18 Å². The molecule has 0 aliphatic carbocycles. The summed E-state index contributed by atoms with van der Waals surface area (Å²) < 4.78 is 49.0. The summed E-state index contributed by atoms with van der Waals surface area (Å²) in [6.45, 7) is 0.446. The molecule has 9 heteroatoms. The highest BCUT2D eigenvalue weighted by molar-refractivity contribution is 5.54. The van der Waals surface area contributed by atoms with Crippen LogP contribution in [0.4, 0.5) is 13.2 Å². The zero-order valence-electron chi connectivity index (χ0n) is 18.0. The van der Waals surface area contributed by atoms with Gasteiger partial charge in [0, 0.05) is 17.6 Å². The standard InChI is InChI=1S/C24H24F3N3O3/c1-32-20-10-6-16(7-11-20)23(31)12-18-8-9-19(13-23)30(18)14-21-28-22(29-33-21)15-2-4-17(5-3-15)24(25,26)27/h2-7,10-11,18-19,31H,8-9,12-14H2,1H3. The van der Waals surface area contributed by atoms with Crippen LogP contribution in [0.1, 0.15) is 42.7 Å². The van der Waals surface area contributed by atoms with E-state index >= 15 is 0 Å². The molecule has 33 heavy (non-hydrogen) atoms. The zero-order chi connectivity index (χ0) is 23.2. The number of benzene rings is 2. The minimum atomic E-state index is -4.39. The number of hydrogen-bond acceptors (Lipinski definition) is 6. The Balaban J connectivity index is 1.28. The molecular weight excluding hydrogens is 435 g/mol. The number of rotatable bonds is 5. The van der Waals surface area contributed by atoms with Crippen molar-refractivity contribution in [1.82, 2.24) is 15.0 Å². The van der Waals surface area contributed by atoms with Crippen molar-refractivity contribution in [3.05, 3.63) is 65.5 Å². The van der Waals surface area contributed by atoms with Crippen molar-refractivity contribution in [2.24, 2.45) is 0 Å². The van der Waals surface area contributed by atoms with Crippen LogP contribution in [-0.2, 0) is 18.3 Å². The Hall–Kier alpha value is -2.91. The van der Waals surface area contributed by atoms with Gasteiger partial charge in [0.25, 0.3) is 0 Å². The lowest BCUT2D eigenvalue weighted by atomic mass is 9.80. The molecule has 0 spiro atoms. The molecule has 3 heterocycles. The van der Waals surface area contributed by atoms with Gasteiger partial charge in [0.05, 0.1) is 24.8 Å². The van der Waals surface area contributed by atoms with Crippen LogP contribution in [0.3, 0.4) is 0 Å². The number of aliphatic hydroxyl groups is 1. The van der Waals surface area contributed by atoms with Crippen LogP contribution in [0.2, 0.25) is 0 Å². The van der Waals surface area contributed by atoms with Crippen molar-refractivity contribution in [3.8, 4) is 17.1 Å². The van der Waals surface area contributed by atoms with Crippen molar-refractivity contribution in [1.29, 1.82) is 0 Å². The second-order valence-electron chi connectivity index (χ2n) is 8.81. The van der Waals surface area contributed by atoms with Crippen LogP contribution in [0.15, 0.2) is 53.1 Å². The minimum absolute atomic E-state index is 0.178. The van der Waals surface area contributed by atoms with Crippen molar-refractivity contribution >= 4 is 0 Å². The van der Waals surface area contributed by atoms with Crippen LogP contribution in [0.5, 0.6) is 5.75 Å². The Morgan fingerprint density at radius 1 is 1.06 bits per heavy atom. The summed E-state index contributed by atoms with van der Waals surface area (Å²) >= 11 is 0. The Kier molecular flexibility index (Phi) is 5.41. The third-order valence-electron chi connectivity index (χ3n) is 6.80. The van der Waals surface area contributed by atoms with Crippen LogP contribution in [0, 0.1) is 0 Å². The van der Waals surface area contributed by atoms with Gasteiger partial charge in [-0.2, -0.15) is 18.2 Å². The average molecular weight is 459 g/mol. The van der Waals surface area contributed by atoms with Gasteiger partial charge in [0.15, 0.2) is 0 Å². The average Bonchev–Trinajstić information content (AvgIpc) is 3.36. The van der Waals surface area contributed by atoms with E-state index in [2.05, 4.69) is 15.0 Å². The second-order valence-corrected chi connectivity index (χ2v) is 8.81. The highest BCUT2D eigenvalue weighted by atomic mass is 19.4. The highest BCUT2D eigenvalue weighted by Gasteiger charge is 2.48. The van der Waals surface area contributed by atoms with E-state index in [1.54, 1.807) is 7.11 Å². The van der Waals surface area contributed by atoms with E-state index in [0.717, 1.165) is 36.3 Å². The molecule has 2 bridgehead atoms. The number of hydrogen-bond donors (Lipinski definition) is 1. The normalized spacial score (nSPS) is 25.4. The molecule has 0 radical (unpaired) electrons. The van der Waals surface area contributed by atoms with Crippen molar-refractivity contribution < 1.29 is 27.5 Å². The van der Waals surface area contributed by atoms with Crippen LogP contribution in [0.25, 0.3) is 11.4 Å². The Labute approximate surface area is 189 Å². The van der Waals surface area contributed by atoms with Gasteiger partial charge in [-0.25, -0.2) is 0 Å². The van der Waals surface area contributed by atoms with Crippen molar-refractivity contribution in [2.75, 3.05) is 7.11 Å². The Morgan fingerprint density at radius 2 is 1.70 bits per heavy atom. The molecule has 2 unspecified atom stereocenters. The fraction of sp³-hybridized carbons (Fsp3) is 0.417. The number of aromatic nitrogens is 2. The monoisotopic (exact) mass is 459 g/mol. The summed E-state index contributed by atoms with van der Waals surface area (Å²) in [5, 5.41) is 15.4. The Morgan fingerprint density at radius 3 is 2.27 bits per heavy atom. The summed E-state index contributed by atoms with van der Waals surface area (Å²) in [6, 6.07) is 12.6. The lowest BCUT2D eigenvalue weighted by molar-refractivity contribution is -0.137. The number of piperidine rings is 1. The molecule has 2 fully saturated rings. The molecule has 0 saturated carbocycles. The van der Waals surface area contributed by atoms with E-state index in [1.807, 2.05) is 24.3 Å². The maximum atomic E-state index is 12.8. The lowest BCUT2D eigenvalue weighted by Gasteiger charge is -2.43. The molecular formula is C24H24F3N3O3. The van der Waals surface area contributed by atoms with Crippen LogP contribution >= 0.6 is 0 Å². The summed E-state index contributed by atoms with van der Waals surface area (Å²) in [6.07, 6.45) is -1.22. The third kappa shape index (κ3) is 4.22. The van der Waals surface area contributed by atoms with Crippen molar-refractivity contribution in [3.63, 3.8) is 0 Å². The van der Waals surface area contributed by atoms with Gasteiger partial charge in [-0.3, -0.25) is 4.90 Å². The maximum absolute atomic E-state index is 12.8. The maximum Gasteiger partial charge on any atom is 0.416 e. The summed E-state index contributed by atoms with van der Waals surface area (Å²) in [7, 11) is 1.61. The van der Waals surface area contributed by atoms with E-state index in [4.69, 9.17) is 9.26 Å². The van der Waals surface area contributed by atoms with Gasteiger partial charge in [-0.1, -0.05) is 29.4 Å². The fourth-order valence-corrected chi connectivity index (χ4v) is 5.11. The lowest BCUT2D eigenvalue weighted by Crippen LogP contribution is -2.49. The van der Waals surface area contributed by atoms with E-state index in [-0.39, 0.29) is 17.9 Å². The number of ether oxygens (including phenoxy) is 1. The number of methoxy groups -OCH3 is 1. The number of halogens is 3. The first-order valence-electron chi connectivity index (χ1n) is 10.9. The molecule has 5 rings (SSSR count). The molecule has 174 valence electrons. The fourth-order valence-electron chi connectivity index (χ4n) is 5.11. The predicted octanol–water partition coefficient (Wildman–Crippen LogP) is 4.78. The Bertz CT molecular complexity index is 1100. The minimum Gasteiger partial charge on any atom is -0.497 e. The molecule has 2 aromatic carbocycles. The molecule has 6 nitrogen and oxygen atoms in total. The van der Waals surface area contributed by atoms with E-state index in [0.29, 0.717) is 30.8 Å². The van der Waals surface area contributed by atoms with E-state index in [1.165, 1.54) is 12.1 Å². The van der Waals surface area contributed by atoms with Crippen molar-refractivity contribution in [2.45, 2.75) is 56.1 Å². The molecule has 1 N–H and O–H groups in total.